The van der Waals surface area contributed by atoms with Crippen LogP contribution < -0.4 is 5.56 Å². The number of hydrogen-bond donors (Lipinski definition) is 0. The molecule has 6 nitrogen and oxygen atoms in total. The molecule has 2 aliphatic rings. The van der Waals surface area contributed by atoms with Gasteiger partial charge in [0.25, 0.3) is 5.56 Å². The molecule has 0 bridgehead atoms. The Morgan fingerprint density at radius 1 is 1.16 bits per heavy atom. The molecule has 2 aromatic rings. The van der Waals surface area contributed by atoms with E-state index in [0.717, 1.165) is 24.1 Å². The minimum Gasteiger partial charge on any atom is -0.342 e. The lowest BCUT2D eigenvalue weighted by Crippen LogP contribution is -2.53. The van der Waals surface area contributed by atoms with E-state index >= 15 is 0 Å². The van der Waals surface area contributed by atoms with E-state index in [-0.39, 0.29) is 23.3 Å². The molecule has 0 unspecified atom stereocenters. The topological polar surface area (TPSA) is 68.1 Å². The minimum absolute atomic E-state index is 0.114. The summed E-state index contributed by atoms with van der Waals surface area (Å²) in [6.07, 6.45) is 9.30. The summed E-state index contributed by atoms with van der Waals surface area (Å²) in [6.45, 7) is 1.96. The van der Waals surface area contributed by atoms with Gasteiger partial charge in [0.05, 0.1) is 12.2 Å². The van der Waals surface area contributed by atoms with Crippen molar-refractivity contribution in [2.24, 2.45) is 11.8 Å². The number of aromatic nitrogens is 3. The number of carbonyl (C=O) groups excluding carboxylic acids is 1. The second-order valence-corrected chi connectivity index (χ2v) is 6.73. The van der Waals surface area contributed by atoms with Crippen LogP contribution in [-0.2, 0) is 11.3 Å². The first-order valence-corrected chi connectivity index (χ1v) is 8.63. The van der Waals surface area contributed by atoms with Crippen molar-refractivity contribution in [1.82, 2.24) is 19.7 Å². The van der Waals surface area contributed by atoms with Gasteiger partial charge < -0.3 is 4.90 Å². The van der Waals surface area contributed by atoms with E-state index in [1.807, 2.05) is 17.0 Å². The largest absolute Gasteiger partial charge is 0.342 e. The van der Waals surface area contributed by atoms with Gasteiger partial charge in [-0.2, -0.15) is 5.10 Å². The third kappa shape index (κ3) is 3.24. The first kappa shape index (κ1) is 15.7. The number of carbonyl (C=O) groups is 1. The summed E-state index contributed by atoms with van der Waals surface area (Å²) in [5.41, 5.74) is 1.50. The molecule has 128 valence electrons. The van der Waals surface area contributed by atoms with Crippen LogP contribution in [0.25, 0.3) is 11.3 Å². The maximum Gasteiger partial charge on any atom is 0.266 e. The molecule has 0 aromatic carbocycles. The van der Waals surface area contributed by atoms with Crippen molar-refractivity contribution in [3.05, 3.63) is 59.2 Å². The normalized spacial score (nSPS) is 17.7. The number of rotatable bonds is 4. The molecule has 0 spiro atoms. The number of likely N-dealkylation sites (tertiary alicyclic amines) is 1. The van der Waals surface area contributed by atoms with Crippen molar-refractivity contribution in [3.8, 4) is 11.3 Å². The van der Waals surface area contributed by atoms with Gasteiger partial charge in [-0.05, 0) is 31.0 Å². The Hall–Kier alpha value is -2.76. The molecule has 4 rings (SSSR count). The Bertz CT molecular complexity index is 845. The maximum atomic E-state index is 12.3. The third-order valence-electron chi connectivity index (χ3n) is 4.88. The van der Waals surface area contributed by atoms with E-state index in [1.165, 1.54) is 4.68 Å². The van der Waals surface area contributed by atoms with Crippen molar-refractivity contribution >= 4 is 5.91 Å². The smallest absolute Gasteiger partial charge is 0.266 e. The summed E-state index contributed by atoms with van der Waals surface area (Å²) in [7, 11) is 0. The van der Waals surface area contributed by atoms with Crippen LogP contribution in [-0.4, -0.2) is 38.7 Å². The Morgan fingerprint density at radius 3 is 2.68 bits per heavy atom. The SMILES string of the molecule is O=C(C1CC=CC1)N1CC(Cn2nc(-c3cccnc3)ccc2=O)C1. The minimum atomic E-state index is -0.114. The van der Waals surface area contributed by atoms with Crippen molar-refractivity contribution in [2.45, 2.75) is 19.4 Å². The Kier molecular flexibility index (Phi) is 4.17. The van der Waals surface area contributed by atoms with Gasteiger partial charge in [-0.1, -0.05) is 12.2 Å². The van der Waals surface area contributed by atoms with Gasteiger partial charge in [0.2, 0.25) is 5.91 Å². The van der Waals surface area contributed by atoms with Crippen LogP contribution in [0, 0.1) is 11.8 Å². The fraction of sp³-hybridized carbons (Fsp3) is 0.368. The number of hydrogen-bond acceptors (Lipinski definition) is 4. The van der Waals surface area contributed by atoms with E-state index < -0.39 is 0 Å². The molecular weight excluding hydrogens is 316 g/mol. The van der Waals surface area contributed by atoms with Gasteiger partial charge in [0, 0.05) is 48.9 Å². The second-order valence-electron chi connectivity index (χ2n) is 6.73. The molecule has 1 aliphatic carbocycles. The highest BCUT2D eigenvalue weighted by Gasteiger charge is 2.34. The molecule has 0 atom stereocenters. The predicted octanol–water partition coefficient (Wildman–Crippen LogP) is 1.73. The molecule has 0 saturated carbocycles. The fourth-order valence-electron chi connectivity index (χ4n) is 3.43. The van der Waals surface area contributed by atoms with Crippen LogP contribution in [0.3, 0.4) is 0 Å². The summed E-state index contributed by atoms with van der Waals surface area (Å²) in [5, 5.41) is 4.46. The zero-order valence-corrected chi connectivity index (χ0v) is 13.9. The quantitative estimate of drug-likeness (QED) is 0.798. The number of allylic oxidation sites excluding steroid dienone is 2. The van der Waals surface area contributed by atoms with Crippen LogP contribution in [0.2, 0.25) is 0 Å². The monoisotopic (exact) mass is 336 g/mol. The van der Waals surface area contributed by atoms with Crippen LogP contribution >= 0.6 is 0 Å². The molecule has 1 saturated heterocycles. The van der Waals surface area contributed by atoms with Crippen LogP contribution in [0.1, 0.15) is 12.8 Å². The number of amides is 1. The van der Waals surface area contributed by atoms with E-state index in [0.29, 0.717) is 19.6 Å². The first-order chi connectivity index (χ1) is 12.2. The maximum absolute atomic E-state index is 12.3. The second kappa shape index (κ2) is 6.63. The predicted molar refractivity (Wildman–Crippen MR) is 93.7 cm³/mol. The molecule has 0 N–H and O–H groups in total. The van der Waals surface area contributed by atoms with Crippen molar-refractivity contribution in [1.29, 1.82) is 0 Å². The summed E-state index contributed by atoms with van der Waals surface area (Å²) < 4.78 is 1.51. The van der Waals surface area contributed by atoms with Crippen molar-refractivity contribution in [3.63, 3.8) is 0 Å². The average molecular weight is 336 g/mol. The van der Waals surface area contributed by atoms with Crippen LogP contribution in [0.4, 0.5) is 0 Å². The zero-order valence-electron chi connectivity index (χ0n) is 13.9. The number of pyridine rings is 1. The van der Waals surface area contributed by atoms with Gasteiger partial charge in [-0.25, -0.2) is 4.68 Å². The van der Waals surface area contributed by atoms with Gasteiger partial charge in [-0.3, -0.25) is 14.6 Å². The Balaban J connectivity index is 1.40. The molecule has 1 aliphatic heterocycles. The number of nitrogens with zero attached hydrogens (tertiary/aromatic N) is 4. The van der Waals surface area contributed by atoms with Crippen molar-refractivity contribution in [2.75, 3.05) is 13.1 Å². The summed E-state index contributed by atoms with van der Waals surface area (Å²) >= 11 is 0. The van der Waals surface area contributed by atoms with Gasteiger partial charge in [0.15, 0.2) is 0 Å². The standard InChI is InChI=1S/C19H20N4O2/c24-18-8-7-17(16-6-3-9-20-10-16)21-23(18)13-14-11-22(12-14)19(25)15-4-1-2-5-15/h1-3,6-10,14-15H,4-5,11-13H2. The molecule has 2 aromatic heterocycles. The highest BCUT2D eigenvalue weighted by atomic mass is 16.2. The van der Waals surface area contributed by atoms with Gasteiger partial charge in [0.1, 0.15) is 0 Å². The Morgan fingerprint density at radius 2 is 1.96 bits per heavy atom. The average Bonchev–Trinajstić information content (AvgIpc) is 3.14. The van der Waals surface area contributed by atoms with Gasteiger partial charge in [-0.15, -0.1) is 0 Å². The van der Waals surface area contributed by atoms with E-state index in [2.05, 4.69) is 22.2 Å². The summed E-state index contributed by atoms with van der Waals surface area (Å²) in [5.74, 6) is 0.647. The van der Waals surface area contributed by atoms with E-state index in [4.69, 9.17) is 0 Å². The molecule has 0 radical (unpaired) electrons. The fourth-order valence-corrected chi connectivity index (χ4v) is 3.43. The van der Waals surface area contributed by atoms with E-state index in [9.17, 15) is 9.59 Å². The van der Waals surface area contributed by atoms with Crippen LogP contribution in [0.5, 0.6) is 0 Å². The molecule has 1 amide bonds. The highest BCUT2D eigenvalue weighted by molar-refractivity contribution is 5.80. The summed E-state index contributed by atoms with van der Waals surface area (Å²) in [4.78, 5) is 30.4. The molecular formula is C19H20N4O2. The van der Waals surface area contributed by atoms with Crippen molar-refractivity contribution < 1.29 is 4.79 Å². The molecule has 1 fully saturated rings. The first-order valence-electron chi connectivity index (χ1n) is 8.63. The summed E-state index contributed by atoms with van der Waals surface area (Å²) in [6, 6.07) is 7.03. The van der Waals surface area contributed by atoms with E-state index in [1.54, 1.807) is 24.5 Å². The molecule has 6 heteroatoms. The van der Waals surface area contributed by atoms with Gasteiger partial charge >= 0.3 is 0 Å². The lowest BCUT2D eigenvalue weighted by molar-refractivity contribution is -0.142. The Labute approximate surface area is 145 Å². The third-order valence-corrected chi connectivity index (χ3v) is 4.88. The van der Waals surface area contributed by atoms with Crippen LogP contribution in [0.15, 0.2) is 53.6 Å². The highest BCUT2D eigenvalue weighted by Crippen LogP contribution is 2.25. The molecule has 25 heavy (non-hydrogen) atoms. The molecule has 3 heterocycles. The zero-order chi connectivity index (χ0) is 17.2. The lowest BCUT2D eigenvalue weighted by Gasteiger charge is -2.40. The lowest BCUT2D eigenvalue weighted by atomic mass is 9.96.